The molecule has 2 saturated carbocycles. The van der Waals surface area contributed by atoms with Gasteiger partial charge in [-0.25, -0.2) is 8.42 Å². The van der Waals surface area contributed by atoms with E-state index in [0.717, 1.165) is 38.5 Å². The largest absolute Gasteiger partial charge is 0.497 e. The van der Waals surface area contributed by atoms with Gasteiger partial charge in [0, 0.05) is 6.04 Å². The first kappa shape index (κ1) is 28.1. The molecular weight excluding hydrogens is 482 g/mol. The molecule has 2 fully saturated rings. The zero-order valence-corrected chi connectivity index (χ0v) is 22.1. The molecule has 0 aromatic heterocycles. The van der Waals surface area contributed by atoms with Crippen molar-refractivity contribution in [1.82, 2.24) is 15.4 Å². The van der Waals surface area contributed by atoms with Gasteiger partial charge in [-0.05, 0) is 56.4 Å². The number of rotatable bonds is 12. The van der Waals surface area contributed by atoms with E-state index in [0.29, 0.717) is 44.3 Å². The number of methoxy groups -OCH3 is 1. The van der Waals surface area contributed by atoms with Crippen molar-refractivity contribution >= 4 is 27.6 Å². The molecule has 2 amide bonds. The predicted molar refractivity (Wildman–Crippen MR) is 136 cm³/mol. The molecule has 2 aliphatic carbocycles. The lowest BCUT2D eigenvalue weighted by Gasteiger charge is -2.37. The molecule has 200 valence electrons. The molecule has 1 atom stereocenters. The molecule has 9 nitrogen and oxygen atoms in total. The van der Waals surface area contributed by atoms with E-state index in [1.54, 1.807) is 12.1 Å². The highest BCUT2D eigenvalue weighted by Crippen LogP contribution is 2.31. The molecule has 0 radical (unpaired) electrons. The van der Waals surface area contributed by atoms with Gasteiger partial charge in [0.05, 0.1) is 18.0 Å². The zero-order valence-electron chi connectivity index (χ0n) is 21.3. The Kier molecular flexibility index (Phi) is 9.90. The molecule has 1 aromatic rings. The number of ether oxygens (including phenoxy) is 1. The van der Waals surface area contributed by atoms with E-state index >= 15 is 0 Å². The molecule has 1 aromatic carbocycles. The lowest BCUT2D eigenvalue weighted by molar-refractivity contribution is -0.141. The molecule has 10 heteroatoms. The number of hydrogen-bond acceptors (Lipinski definition) is 6. The van der Waals surface area contributed by atoms with Crippen molar-refractivity contribution in [3.8, 4) is 5.75 Å². The number of nitrogens with one attached hydrogen (secondary N) is 3. The first-order valence-electron chi connectivity index (χ1n) is 13.0. The second-order valence-electron chi connectivity index (χ2n) is 9.91. The maximum atomic E-state index is 13.6. The van der Waals surface area contributed by atoms with Crippen LogP contribution in [0.25, 0.3) is 0 Å². The van der Waals surface area contributed by atoms with E-state index < -0.39 is 39.2 Å². The van der Waals surface area contributed by atoms with Crippen molar-refractivity contribution < 1.29 is 27.5 Å². The van der Waals surface area contributed by atoms with Gasteiger partial charge in [-0.15, -0.1) is 0 Å². The number of carbonyl (C=O) groups excluding carboxylic acids is 3. The summed E-state index contributed by atoms with van der Waals surface area (Å²) in [5.41, 5.74) is -1.39. The number of benzene rings is 1. The SMILES string of the molecule is CCCC[C@H](NC(=O)C1(NS(=O)(=O)c2ccc(OC)cc2)CCCCC1)C(=O)C(=O)NC1CCCC1. The molecule has 0 spiro atoms. The fourth-order valence-corrected chi connectivity index (χ4v) is 6.48. The van der Waals surface area contributed by atoms with Crippen molar-refractivity contribution in [2.75, 3.05) is 7.11 Å². The normalized spacial score (nSPS) is 18.8. The Bertz CT molecular complexity index is 1010. The number of unbranched alkanes of at least 4 members (excludes halogenated alkanes) is 1. The smallest absolute Gasteiger partial charge is 0.289 e. The molecule has 36 heavy (non-hydrogen) atoms. The minimum absolute atomic E-state index is 0.00929. The molecule has 0 unspecified atom stereocenters. The molecular formula is C26H39N3O6S. The van der Waals surface area contributed by atoms with Crippen LogP contribution in [0.3, 0.4) is 0 Å². The summed E-state index contributed by atoms with van der Waals surface area (Å²) < 4.78 is 34.2. The first-order valence-corrected chi connectivity index (χ1v) is 14.5. The molecule has 2 aliphatic rings. The summed E-state index contributed by atoms with van der Waals surface area (Å²) in [5.74, 6) is -1.39. The van der Waals surface area contributed by atoms with Crippen LogP contribution in [-0.2, 0) is 24.4 Å². The van der Waals surface area contributed by atoms with Crippen LogP contribution < -0.4 is 20.1 Å². The van der Waals surface area contributed by atoms with Crippen molar-refractivity contribution in [1.29, 1.82) is 0 Å². The summed E-state index contributed by atoms with van der Waals surface area (Å²) in [7, 11) is -2.53. The molecule has 3 rings (SSSR count). The number of carbonyl (C=O) groups is 3. The standard InChI is InChI=1S/C26H39N3O6S/c1-3-4-12-22(23(30)24(31)27-19-10-6-7-11-19)28-25(32)26(17-8-5-9-18-26)29-36(33,34)21-15-13-20(35-2)14-16-21/h13-16,19,22,29H,3-12,17-18H2,1-2H3,(H,27,31)(H,28,32)/t22-/m0/s1. The zero-order chi connectivity index (χ0) is 26.2. The summed E-state index contributed by atoms with van der Waals surface area (Å²) in [6, 6.07) is 4.94. The maximum Gasteiger partial charge on any atom is 0.289 e. The van der Waals surface area contributed by atoms with Crippen LogP contribution in [0.5, 0.6) is 5.75 Å². The highest BCUT2D eigenvalue weighted by molar-refractivity contribution is 7.89. The van der Waals surface area contributed by atoms with Gasteiger partial charge in [0.15, 0.2) is 0 Å². The number of ketones is 1. The number of sulfonamides is 1. The fourth-order valence-electron chi connectivity index (χ4n) is 5.06. The Morgan fingerprint density at radius 3 is 2.25 bits per heavy atom. The van der Waals surface area contributed by atoms with Crippen molar-refractivity contribution in [3.05, 3.63) is 24.3 Å². The number of amides is 2. The van der Waals surface area contributed by atoms with Crippen molar-refractivity contribution in [2.45, 2.75) is 106 Å². The lowest BCUT2D eigenvalue weighted by Crippen LogP contribution is -2.62. The van der Waals surface area contributed by atoms with Gasteiger partial charge in [0.1, 0.15) is 11.3 Å². The van der Waals surface area contributed by atoms with E-state index in [4.69, 9.17) is 4.74 Å². The maximum absolute atomic E-state index is 13.6. The third-order valence-corrected chi connectivity index (χ3v) is 8.78. The molecule has 0 bridgehead atoms. The average molecular weight is 522 g/mol. The van der Waals surface area contributed by atoms with Gasteiger partial charge in [0.25, 0.3) is 5.91 Å². The van der Waals surface area contributed by atoms with E-state index in [1.807, 2.05) is 6.92 Å². The quantitative estimate of drug-likeness (QED) is 0.363. The fraction of sp³-hybridized carbons (Fsp3) is 0.654. The Morgan fingerprint density at radius 1 is 1.03 bits per heavy atom. The van der Waals surface area contributed by atoms with Gasteiger partial charge in [-0.1, -0.05) is 51.9 Å². The number of hydrogen-bond donors (Lipinski definition) is 3. The van der Waals surface area contributed by atoms with Crippen LogP contribution in [0, 0.1) is 0 Å². The van der Waals surface area contributed by atoms with Crippen LogP contribution in [-0.4, -0.2) is 50.7 Å². The summed E-state index contributed by atoms with van der Waals surface area (Å²) in [4.78, 5) is 39.4. The monoisotopic (exact) mass is 521 g/mol. The predicted octanol–water partition coefficient (Wildman–Crippen LogP) is 2.98. The third kappa shape index (κ3) is 7.06. The first-order chi connectivity index (χ1) is 17.2. The van der Waals surface area contributed by atoms with E-state index in [9.17, 15) is 22.8 Å². The van der Waals surface area contributed by atoms with Gasteiger partial charge < -0.3 is 15.4 Å². The minimum Gasteiger partial charge on any atom is -0.497 e. The molecule has 3 N–H and O–H groups in total. The second-order valence-corrected chi connectivity index (χ2v) is 11.6. The highest BCUT2D eigenvalue weighted by atomic mass is 32.2. The Balaban J connectivity index is 1.79. The highest BCUT2D eigenvalue weighted by Gasteiger charge is 2.44. The van der Waals surface area contributed by atoms with Crippen LogP contribution >= 0.6 is 0 Å². The third-order valence-electron chi connectivity index (χ3n) is 7.22. The minimum atomic E-state index is -4.02. The Hall–Kier alpha value is -2.46. The number of Topliss-reactive ketones (excluding diaryl/α,β-unsaturated/α-hetero) is 1. The van der Waals surface area contributed by atoms with Crippen LogP contribution in [0.1, 0.15) is 84.0 Å². The second kappa shape index (κ2) is 12.7. The van der Waals surface area contributed by atoms with Crippen molar-refractivity contribution in [2.24, 2.45) is 0 Å². The van der Waals surface area contributed by atoms with Gasteiger partial charge in [0.2, 0.25) is 21.7 Å². The van der Waals surface area contributed by atoms with Crippen molar-refractivity contribution in [3.63, 3.8) is 0 Å². The Morgan fingerprint density at radius 2 is 1.67 bits per heavy atom. The van der Waals surface area contributed by atoms with Gasteiger partial charge in [-0.3, -0.25) is 14.4 Å². The van der Waals surface area contributed by atoms with E-state index in [1.165, 1.54) is 19.2 Å². The molecule has 0 heterocycles. The van der Waals surface area contributed by atoms with Crippen LogP contribution in [0.2, 0.25) is 0 Å². The molecule has 0 aliphatic heterocycles. The topological polar surface area (TPSA) is 131 Å². The van der Waals surface area contributed by atoms with E-state index in [2.05, 4.69) is 15.4 Å². The van der Waals surface area contributed by atoms with Crippen LogP contribution in [0.15, 0.2) is 29.2 Å². The summed E-state index contributed by atoms with van der Waals surface area (Å²) in [6.07, 6.45) is 8.37. The summed E-state index contributed by atoms with van der Waals surface area (Å²) in [6.45, 7) is 1.97. The van der Waals surface area contributed by atoms with Gasteiger partial charge >= 0.3 is 0 Å². The lowest BCUT2D eigenvalue weighted by atomic mass is 9.81. The summed E-state index contributed by atoms with van der Waals surface area (Å²) in [5, 5.41) is 5.57. The average Bonchev–Trinajstić information content (AvgIpc) is 3.39. The van der Waals surface area contributed by atoms with E-state index in [-0.39, 0.29) is 10.9 Å². The van der Waals surface area contributed by atoms with Gasteiger partial charge in [-0.2, -0.15) is 4.72 Å². The Labute approximate surface area is 214 Å². The summed E-state index contributed by atoms with van der Waals surface area (Å²) >= 11 is 0. The molecule has 0 saturated heterocycles. The van der Waals surface area contributed by atoms with Crippen LogP contribution in [0.4, 0.5) is 0 Å².